The molecule has 0 spiro atoms. The molecule has 3 rings (SSSR count). The molecule has 3 N–H and O–H groups in total. The highest BCUT2D eigenvalue weighted by molar-refractivity contribution is 6.99. The molecule has 2 aromatic rings. The zero-order chi connectivity index (χ0) is 24.5. The predicted molar refractivity (Wildman–Crippen MR) is 131 cm³/mol. The van der Waals surface area contributed by atoms with Gasteiger partial charge in [-0.1, -0.05) is 81.4 Å². The van der Waals surface area contributed by atoms with E-state index >= 15 is 0 Å². The Morgan fingerprint density at radius 2 is 1.42 bits per heavy atom. The number of hydrogen-bond acceptors (Lipinski definition) is 6. The van der Waals surface area contributed by atoms with Crippen LogP contribution in [-0.4, -0.2) is 66.6 Å². The van der Waals surface area contributed by atoms with Gasteiger partial charge in [0.05, 0.1) is 13.2 Å². The highest BCUT2D eigenvalue weighted by atomic mass is 28.4. The standard InChI is InChI=1S/C26H38O6Si/c1-24(2,3)33(19-13-9-7-10-14-19,20-15-11-8-12-16-20)30-18-21(28)23-26(6,29)22(17-27)31-25(4,5)32-23/h7-16,21-23,27-29H,17-18H2,1-6H3/t21-,22-,23+,26+/m1/s1. The summed E-state index contributed by atoms with van der Waals surface area (Å²) in [5.41, 5.74) is -1.60. The first kappa shape index (κ1) is 26.0. The van der Waals surface area contributed by atoms with Crippen LogP contribution in [0.4, 0.5) is 0 Å². The van der Waals surface area contributed by atoms with Crippen LogP contribution in [0.5, 0.6) is 0 Å². The summed E-state index contributed by atoms with van der Waals surface area (Å²) >= 11 is 0. The van der Waals surface area contributed by atoms with Crippen molar-refractivity contribution < 1.29 is 29.2 Å². The second-order valence-electron chi connectivity index (χ2n) is 10.5. The van der Waals surface area contributed by atoms with Crippen molar-refractivity contribution in [2.24, 2.45) is 0 Å². The Balaban J connectivity index is 1.99. The lowest BCUT2D eigenvalue weighted by Gasteiger charge is -2.51. The molecule has 0 bridgehead atoms. The van der Waals surface area contributed by atoms with Crippen LogP contribution in [0.15, 0.2) is 60.7 Å². The molecule has 33 heavy (non-hydrogen) atoms. The number of aliphatic hydroxyl groups is 3. The van der Waals surface area contributed by atoms with E-state index in [0.717, 1.165) is 10.4 Å². The lowest BCUT2D eigenvalue weighted by molar-refractivity contribution is -0.375. The van der Waals surface area contributed by atoms with E-state index in [-0.39, 0.29) is 11.6 Å². The molecule has 2 aromatic carbocycles. The summed E-state index contributed by atoms with van der Waals surface area (Å²) in [6, 6.07) is 20.3. The Morgan fingerprint density at radius 1 is 0.939 bits per heavy atom. The fraction of sp³-hybridized carbons (Fsp3) is 0.538. The van der Waals surface area contributed by atoms with Gasteiger partial charge in [0, 0.05) is 0 Å². The van der Waals surface area contributed by atoms with Crippen molar-refractivity contribution >= 4 is 18.7 Å². The Hall–Kier alpha value is -1.58. The summed E-state index contributed by atoms with van der Waals surface area (Å²) < 4.78 is 18.4. The third-order valence-electron chi connectivity index (χ3n) is 6.47. The normalized spacial score (nSPS) is 26.7. The maximum absolute atomic E-state index is 11.3. The van der Waals surface area contributed by atoms with Crippen LogP contribution in [0.3, 0.4) is 0 Å². The van der Waals surface area contributed by atoms with Crippen molar-refractivity contribution in [1.29, 1.82) is 0 Å². The summed E-state index contributed by atoms with van der Waals surface area (Å²) in [5, 5.41) is 34.1. The molecular weight excluding hydrogens is 436 g/mol. The summed E-state index contributed by atoms with van der Waals surface area (Å²) in [7, 11) is -2.86. The van der Waals surface area contributed by atoms with E-state index in [1.807, 2.05) is 36.4 Å². The van der Waals surface area contributed by atoms with Crippen LogP contribution in [0.1, 0.15) is 41.5 Å². The third kappa shape index (κ3) is 5.10. The molecule has 7 heteroatoms. The van der Waals surface area contributed by atoms with Gasteiger partial charge >= 0.3 is 0 Å². The van der Waals surface area contributed by atoms with Gasteiger partial charge in [-0.2, -0.15) is 0 Å². The molecule has 1 saturated heterocycles. The number of rotatable bonds is 7. The summed E-state index contributed by atoms with van der Waals surface area (Å²) in [5.74, 6) is -1.07. The van der Waals surface area contributed by atoms with Crippen molar-refractivity contribution in [3.8, 4) is 0 Å². The SMILES string of the molecule is CC1(C)O[C@H](CO)[C@](C)(O)[C@H]([C@H](O)CO[Si](c2ccccc2)(c2ccccc2)C(C)(C)C)O1. The average molecular weight is 475 g/mol. The number of aliphatic hydroxyl groups excluding tert-OH is 2. The monoisotopic (exact) mass is 474 g/mol. The largest absolute Gasteiger partial charge is 0.405 e. The van der Waals surface area contributed by atoms with Gasteiger partial charge in [0.25, 0.3) is 8.32 Å². The maximum Gasteiger partial charge on any atom is 0.261 e. The minimum Gasteiger partial charge on any atom is -0.405 e. The van der Waals surface area contributed by atoms with Gasteiger partial charge in [-0.25, -0.2) is 0 Å². The molecule has 1 aliphatic rings. The highest BCUT2D eigenvalue weighted by Gasteiger charge is 2.55. The highest BCUT2D eigenvalue weighted by Crippen LogP contribution is 2.39. The molecule has 0 unspecified atom stereocenters. The minimum atomic E-state index is -2.86. The van der Waals surface area contributed by atoms with E-state index < -0.39 is 44.6 Å². The molecule has 6 nitrogen and oxygen atoms in total. The molecule has 0 aromatic heterocycles. The molecule has 1 heterocycles. The lowest BCUT2D eigenvalue weighted by Crippen LogP contribution is -2.69. The van der Waals surface area contributed by atoms with Crippen LogP contribution < -0.4 is 10.4 Å². The predicted octanol–water partition coefficient (Wildman–Crippen LogP) is 2.19. The van der Waals surface area contributed by atoms with Gasteiger partial charge in [0.15, 0.2) is 5.79 Å². The molecule has 0 radical (unpaired) electrons. The average Bonchev–Trinajstić information content (AvgIpc) is 2.76. The number of hydrogen-bond donors (Lipinski definition) is 3. The van der Waals surface area contributed by atoms with Gasteiger partial charge in [-0.15, -0.1) is 0 Å². The van der Waals surface area contributed by atoms with Crippen molar-refractivity contribution in [1.82, 2.24) is 0 Å². The number of ether oxygens (including phenoxy) is 2. The molecule has 1 fully saturated rings. The summed E-state index contributed by atoms with van der Waals surface area (Å²) in [6.45, 7) is 11.0. The van der Waals surface area contributed by atoms with E-state index in [1.54, 1.807) is 13.8 Å². The van der Waals surface area contributed by atoms with Crippen LogP contribution >= 0.6 is 0 Å². The van der Waals surface area contributed by atoms with Crippen molar-refractivity contribution in [3.63, 3.8) is 0 Å². The third-order valence-corrected chi connectivity index (χ3v) is 11.5. The fourth-order valence-electron chi connectivity index (χ4n) is 4.85. The van der Waals surface area contributed by atoms with E-state index in [9.17, 15) is 15.3 Å². The van der Waals surface area contributed by atoms with Crippen LogP contribution in [0.25, 0.3) is 0 Å². The molecule has 0 saturated carbocycles. The maximum atomic E-state index is 11.3. The van der Waals surface area contributed by atoms with Gasteiger partial charge in [0.2, 0.25) is 0 Å². The van der Waals surface area contributed by atoms with Crippen molar-refractivity contribution in [3.05, 3.63) is 60.7 Å². The molecule has 0 aliphatic carbocycles. The lowest BCUT2D eigenvalue weighted by atomic mass is 9.87. The Kier molecular flexibility index (Phi) is 7.56. The van der Waals surface area contributed by atoms with Gasteiger partial charge in [-0.3, -0.25) is 0 Å². The van der Waals surface area contributed by atoms with Gasteiger partial charge < -0.3 is 29.2 Å². The topological polar surface area (TPSA) is 88.4 Å². The Labute approximate surface area is 198 Å². The van der Waals surface area contributed by atoms with E-state index in [0.29, 0.717) is 0 Å². The zero-order valence-electron chi connectivity index (χ0n) is 20.5. The summed E-state index contributed by atoms with van der Waals surface area (Å²) in [4.78, 5) is 0. The van der Waals surface area contributed by atoms with Crippen molar-refractivity contribution in [2.45, 2.75) is 76.3 Å². The Morgan fingerprint density at radius 3 is 1.85 bits per heavy atom. The summed E-state index contributed by atoms with van der Waals surface area (Å²) in [6.07, 6.45) is -3.04. The van der Waals surface area contributed by atoms with E-state index in [2.05, 4.69) is 45.0 Å². The fourth-order valence-corrected chi connectivity index (χ4v) is 9.42. The quantitative estimate of drug-likeness (QED) is 0.533. The smallest absolute Gasteiger partial charge is 0.261 e. The molecule has 4 atom stereocenters. The molecule has 182 valence electrons. The Bertz CT molecular complexity index is 855. The first-order chi connectivity index (χ1) is 15.3. The van der Waals surface area contributed by atoms with E-state index in [4.69, 9.17) is 13.9 Å². The minimum absolute atomic E-state index is 0.0394. The van der Waals surface area contributed by atoms with Gasteiger partial charge in [-0.05, 0) is 36.2 Å². The second-order valence-corrected chi connectivity index (χ2v) is 14.8. The van der Waals surface area contributed by atoms with Gasteiger partial charge in [0.1, 0.15) is 23.9 Å². The van der Waals surface area contributed by atoms with Crippen LogP contribution in [0.2, 0.25) is 5.04 Å². The molecule has 1 aliphatic heterocycles. The first-order valence-corrected chi connectivity index (χ1v) is 13.4. The van der Waals surface area contributed by atoms with Crippen LogP contribution in [-0.2, 0) is 13.9 Å². The number of benzene rings is 2. The van der Waals surface area contributed by atoms with E-state index in [1.165, 1.54) is 6.92 Å². The van der Waals surface area contributed by atoms with Crippen LogP contribution in [0, 0.1) is 0 Å². The first-order valence-electron chi connectivity index (χ1n) is 11.5. The zero-order valence-corrected chi connectivity index (χ0v) is 21.5. The molecule has 0 amide bonds. The molecular formula is C26H38O6Si. The van der Waals surface area contributed by atoms with Crippen molar-refractivity contribution in [2.75, 3.05) is 13.2 Å². The second kappa shape index (κ2) is 9.58.